The van der Waals surface area contributed by atoms with Crippen LogP contribution in [0.2, 0.25) is 5.02 Å². The number of aliphatic carboxylic acids is 1. The van der Waals surface area contributed by atoms with Crippen molar-refractivity contribution in [3.8, 4) is 5.75 Å². The molecular weight excluding hydrogens is 308 g/mol. The molecule has 6 nitrogen and oxygen atoms in total. The van der Waals surface area contributed by atoms with Crippen LogP contribution in [-0.2, 0) is 9.59 Å². The van der Waals surface area contributed by atoms with E-state index in [1.165, 1.54) is 0 Å². The Kier molecular flexibility index (Phi) is 5.49. The largest absolute Gasteiger partial charge is 0.495 e. The lowest BCUT2D eigenvalue weighted by Gasteiger charge is -2.32. The van der Waals surface area contributed by atoms with Gasteiger partial charge < -0.3 is 20.5 Å². The van der Waals surface area contributed by atoms with Crippen LogP contribution >= 0.6 is 11.6 Å². The Labute approximate surface area is 133 Å². The van der Waals surface area contributed by atoms with Crippen molar-refractivity contribution in [1.82, 2.24) is 5.32 Å². The molecular formula is C15H19ClN2O4. The number of halogens is 1. The van der Waals surface area contributed by atoms with E-state index in [0.29, 0.717) is 36.6 Å². The molecule has 0 heterocycles. The second-order valence-corrected chi connectivity index (χ2v) is 5.73. The Morgan fingerprint density at radius 3 is 2.77 bits per heavy atom. The molecule has 7 heteroatoms. The number of carboxylic acid groups (broad SMARTS) is 1. The van der Waals surface area contributed by atoms with Gasteiger partial charge in [-0.05, 0) is 31.0 Å². The number of nitrogens with one attached hydrogen (secondary N) is 2. The maximum Gasteiger partial charge on any atom is 0.306 e. The van der Waals surface area contributed by atoms with E-state index in [0.717, 1.165) is 5.69 Å². The van der Waals surface area contributed by atoms with E-state index in [9.17, 15) is 9.59 Å². The van der Waals surface area contributed by atoms with Crippen LogP contribution in [-0.4, -0.2) is 36.7 Å². The number of ether oxygens (including phenoxy) is 1. The number of rotatable bonds is 7. The van der Waals surface area contributed by atoms with Crippen molar-refractivity contribution < 1.29 is 19.4 Å². The highest BCUT2D eigenvalue weighted by molar-refractivity contribution is 6.30. The van der Waals surface area contributed by atoms with Crippen LogP contribution in [0.3, 0.4) is 0 Å². The number of carbonyl (C=O) groups excluding carboxylic acids is 1. The van der Waals surface area contributed by atoms with Gasteiger partial charge in [-0.15, -0.1) is 0 Å². The molecule has 0 spiro atoms. The van der Waals surface area contributed by atoms with Gasteiger partial charge in [0.25, 0.3) is 0 Å². The molecule has 0 aliphatic heterocycles. The first kappa shape index (κ1) is 16.4. The van der Waals surface area contributed by atoms with Crippen molar-refractivity contribution in [2.45, 2.75) is 25.3 Å². The third-order valence-corrected chi connectivity index (χ3v) is 3.92. The predicted molar refractivity (Wildman–Crippen MR) is 83.4 cm³/mol. The van der Waals surface area contributed by atoms with Crippen molar-refractivity contribution >= 4 is 29.2 Å². The van der Waals surface area contributed by atoms with E-state index in [4.69, 9.17) is 21.4 Å². The summed E-state index contributed by atoms with van der Waals surface area (Å²) in [5, 5.41) is 15.3. The van der Waals surface area contributed by atoms with Crippen molar-refractivity contribution in [3.05, 3.63) is 23.2 Å². The molecule has 1 aromatic carbocycles. The van der Waals surface area contributed by atoms with Gasteiger partial charge in [-0.1, -0.05) is 11.6 Å². The van der Waals surface area contributed by atoms with Crippen LogP contribution in [0.4, 0.5) is 5.69 Å². The van der Waals surface area contributed by atoms with E-state index in [-0.39, 0.29) is 17.9 Å². The van der Waals surface area contributed by atoms with Gasteiger partial charge in [0.1, 0.15) is 5.75 Å². The van der Waals surface area contributed by atoms with E-state index in [1.807, 2.05) is 0 Å². The van der Waals surface area contributed by atoms with Crippen LogP contribution in [0.5, 0.6) is 5.75 Å². The highest BCUT2D eigenvalue weighted by atomic mass is 35.5. The average molecular weight is 327 g/mol. The lowest BCUT2D eigenvalue weighted by atomic mass is 9.80. The monoisotopic (exact) mass is 326 g/mol. The average Bonchev–Trinajstić information content (AvgIpc) is 2.42. The molecule has 22 heavy (non-hydrogen) atoms. The molecule has 0 unspecified atom stereocenters. The van der Waals surface area contributed by atoms with Gasteiger partial charge in [-0.25, -0.2) is 0 Å². The number of anilines is 1. The maximum absolute atomic E-state index is 11.8. The molecule has 1 aliphatic rings. The molecule has 2 rings (SSSR count). The standard InChI is InChI=1S/C15H19ClN2O4/c1-22-13-3-2-10(16)8-12(13)17-5-4-14(19)18-11-6-9(7-11)15(20)21/h2-3,8-9,11,17H,4-7H2,1H3,(H,18,19)(H,20,21). The molecule has 0 aromatic heterocycles. The number of carboxylic acids is 1. The second kappa shape index (κ2) is 7.35. The Hall–Kier alpha value is -1.95. The van der Waals surface area contributed by atoms with Crippen molar-refractivity contribution in [2.24, 2.45) is 5.92 Å². The molecule has 1 aliphatic carbocycles. The van der Waals surface area contributed by atoms with Crippen LogP contribution in [0.1, 0.15) is 19.3 Å². The van der Waals surface area contributed by atoms with Gasteiger partial charge in [0, 0.05) is 24.0 Å². The summed E-state index contributed by atoms with van der Waals surface area (Å²) in [7, 11) is 1.57. The van der Waals surface area contributed by atoms with Crippen molar-refractivity contribution in [1.29, 1.82) is 0 Å². The van der Waals surface area contributed by atoms with Crippen molar-refractivity contribution in [3.63, 3.8) is 0 Å². The summed E-state index contributed by atoms with van der Waals surface area (Å²) < 4.78 is 5.21. The van der Waals surface area contributed by atoms with E-state index < -0.39 is 5.97 Å². The van der Waals surface area contributed by atoms with Gasteiger partial charge in [-0.3, -0.25) is 9.59 Å². The molecule has 0 bridgehead atoms. The Balaban J connectivity index is 1.71. The normalized spacial score (nSPS) is 19.9. The molecule has 1 amide bonds. The Morgan fingerprint density at radius 1 is 1.41 bits per heavy atom. The van der Waals surface area contributed by atoms with Crippen LogP contribution < -0.4 is 15.4 Å². The van der Waals surface area contributed by atoms with E-state index in [1.54, 1.807) is 25.3 Å². The summed E-state index contributed by atoms with van der Waals surface area (Å²) in [6.45, 7) is 0.442. The number of amides is 1. The number of carbonyl (C=O) groups is 2. The minimum absolute atomic E-state index is 0.0192. The first-order chi connectivity index (χ1) is 10.5. The fourth-order valence-corrected chi connectivity index (χ4v) is 2.54. The van der Waals surface area contributed by atoms with Gasteiger partial charge in [0.05, 0.1) is 18.7 Å². The summed E-state index contributed by atoms with van der Waals surface area (Å²) in [6, 6.07) is 5.20. The van der Waals surface area contributed by atoms with Crippen molar-refractivity contribution in [2.75, 3.05) is 19.0 Å². The van der Waals surface area contributed by atoms with E-state index in [2.05, 4.69) is 10.6 Å². The lowest BCUT2D eigenvalue weighted by Crippen LogP contribution is -2.46. The third-order valence-electron chi connectivity index (χ3n) is 3.68. The second-order valence-electron chi connectivity index (χ2n) is 5.29. The molecule has 1 saturated carbocycles. The molecule has 0 radical (unpaired) electrons. The number of benzene rings is 1. The Bertz CT molecular complexity index is 558. The van der Waals surface area contributed by atoms with Gasteiger partial charge >= 0.3 is 5.97 Å². The fraction of sp³-hybridized carbons (Fsp3) is 0.467. The SMILES string of the molecule is COc1ccc(Cl)cc1NCCC(=O)NC1CC(C(=O)O)C1. The van der Waals surface area contributed by atoms with Gasteiger partial charge in [0.2, 0.25) is 5.91 Å². The minimum atomic E-state index is -0.791. The summed E-state index contributed by atoms with van der Waals surface area (Å²) in [5.74, 6) is -0.546. The molecule has 0 atom stereocenters. The van der Waals surface area contributed by atoms with Crippen LogP contribution in [0.15, 0.2) is 18.2 Å². The summed E-state index contributed by atoms with van der Waals surface area (Å²) in [6.07, 6.45) is 1.32. The van der Waals surface area contributed by atoms with E-state index >= 15 is 0 Å². The fourth-order valence-electron chi connectivity index (χ4n) is 2.37. The summed E-state index contributed by atoms with van der Waals surface area (Å²) in [5.41, 5.74) is 0.734. The topological polar surface area (TPSA) is 87.7 Å². The zero-order valence-corrected chi connectivity index (χ0v) is 13.0. The quantitative estimate of drug-likeness (QED) is 0.714. The Morgan fingerprint density at radius 2 is 2.14 bits per heavy atom. The van der Waals surface area contributed by atoms with Gasteiger partial charge in [0.15, 0.2) is 0 Å². The maximum atomic E-state index is 11.8. The number of hydrogen-bond donors (Lipinski definition) is 3. The first-order valence-electron chi connectivity index (χ1n) is 7.09. The minimum Gasteiger partial charge on any atom is -0.495 e. The zero-order chi connectivity index (χ0) is 16.1. The smallest absolute Gasteiger partial charge is 0.306 e. The third kappa shape index (κ3) is 4.27. The predicted octanol–water partition coefficient (Wildman–Crippen LogP) is 2.13. The molecule has 3 N–H and O–H groups in total. The lowest BCUT2D eigenvalue weighted by molar-refractivity contribution is -0.146. The zero-order valence-electron chi connectivity index (χ0n) is 12.3. The van der Waals surface area contributed by atoms with Crippen LogP contribution in [0, 0.1) is 5.92 Å². The first-order valence-corrected chi connectivity index (χ1v) is 7.47. The highest BCUT2D eigenvalue weighted by Crippen LogP contribution is 2.28. The molecule has 1 aromatic rings. The van der Waals surface area contributed by atoms with Gasteiger partial charge in [-0.2, -0.15) is 0 Å². The number of methoxy groups -OCH3 is 1. The summed E-state index contributed by atoms with van der Waals surface area (Å²) in [4.78, 5) is 22.5. The highest BCUT2D eigenvalue weighted by Gasteiger charge is 2.35. The molecule has 0 saturated heterocycles. The molecule has 120 valence electrons. The van der Waals surface area contributed by atoms with Crippen LogP contribution in [0.25, 0.3) is 0 Å². The molecule has 1 fully saturated rings. The summed E-state index contributed by atoms with van der Waals surface area (Å²) >= 11 is 5.93. The number of hydrogen-bond acceptors (Lipinski definition) is 4.